The highest BCUT2D eigenvalue weighted by molar-refractivity contribution is 8.00. The number of thioether (sulfide) groups is 1. The zero-order valence-electron chi connectivity index (χ0n) is 18.9. The number of hydrogen-bond donors (Lipinski definition) is 1. The average molecular weight is 535 g/mol. The minimum atomic E-state index is -4.52. The lowest BCUT2D eigenvalue weighted by atomic mass is 9.75. The van der Waals surface area contributed by atoms with Crippen molar-refractivity contribution in [3.8, 4) is 0 Å². The first-order chi connectivity index (χ1) is 17.2. The lowest BCUT2D eigenvalue weighted by Gasteiger charge is -2.40. The van der Waals surface area contributed by atoms with E-state index in [-0.39, 0.29) is 28.8 Å². The molecule has 3 aromatic rings. The van der Waals surface area contributed by atoms with Gasteiger partial charge in [0, 0.05) is 21.7 Å². The van der Waals surface area contributed by atoms with Crippen molar-refractivity contribution in [3.63, 3.8) is 0 Å². The second-order valence-electron chi connectivity index (χ2n) is 9.77. The Kier molecular flexibility index (Phi) is 5.79. The molecule has 2 bridgehead atoms. The summed E-state index contributed by atoms with van der Waals surface area (Å²) in [6, 6.07) is 10.9. The second kappa shape index (κ2) is 8.76. The SMILES string of the molecule is O=C(Cn1c2c(sc1=O)[C@H](c1ccc(F)cc1)C1C3CCC(C3)C1S2)Nc1cccc(C(F)(F)F)c1. The molecular weight excluding hydrogens is 512 g/mol. The molecule has 10 heteroatoms. The van der Waals surface area contributed by atoms with Crippen LogP contribution in [-0.2, 0) is 17.5 Å². The molecule has 0 radical (unpaired) electrons. The zero-order valence-corrected chi connectivity index (χ0v) is 20.6. The molecule has 1 amide bonds. The van der Waals surface area contributed by atoms with Gasteiger partial charge in [-0.05, 0) is 72.9 Å². The van der Waals surface area contributed by atoms with Crippen LogP contribution in [0.1, 0.15) is 41.2 Å². The number of fused-ring (bicyclic) bond motifs is 6. The fraction of sp³-hybridized carbons (Fsp3) is 0.385. The van der Waals surface area contributed by atoms with Crippen molar-refractivity contribution in [1.29, 1.82) is 0 Å². The first kappa shape index (κ1) is 23.8. The Hall–Kier alpha value is -2.59. The number of nitrogens with one attached hydrogen (secondary N) is 1. The quantitative estimate of drug-likeness (QED) is 0.397. The third kappa shape index (κ3) is 4.08. The maximum absolute atomic E-state index is 13.7. The van der Waals surface area contributed by atoms with E-state index < -0.39 is 17.6 Å². The Morgan fingerprint density at radius 2 is 1.83 bits per heavy atom. The highest BCUT2D eigenvalue weighted by atomic mass is 32.2. The van der Waals surface area contributed by atoms with E-state index in [1.807, 2.05) is 0 Å². The van der Waals surface area contributed by atoms with Crippen molar-refractivity contribution in [2.45, 2.75) is 48.2 Å². The number of anilines is 1. The molecule has 0 spiro atoms. The molecule has 3 aliphatic rings. The Labute approximate surface area is 212 Å². The summed E-state index contributed by atoms with van der Waals surface area (Å²) in [4.78, 5) is 26.5. The van der Waals surface area contributed by atoms with Crippen LogP contribution in [0.4, 0.5) is 23.2 Å². The van der Waals surface area contributed by atoms with Gasteiger partial charge in [0.05, 0.1) is 10.6 Å². The number of amides is 1. The molecule has 0 saturated heterocycles. The number of thiazole rings is 1. The lowest BCUT2D eigenvalue weighted by molar-refractivity contribution is -0.137. The van der Waals surface area contributed by atoms with Gasteiger partial charge in [0.2, 0.25) is 5.91 Å². The van der Waals surface area contributed by atoms with E-state index in [9.17, 15) is 27.2 Å². The maximum atomic E-state index is 13.7. The molecule has 2 aliphatic carbocycles. The average Bonchev–Trinajstić information content (AvgIpc) is 3.52. The van der Waals surface area contributed by atoms with Crippen LogP contribution >= 0.6 is 23.1 Å². The summed E-state index contributed by atoms with van der Waals surface area (Å²) in [5, 5.41) is 3.58. The van der Waals surface area contributed by atoms with Gasteiger partial charge in [0.25, 0.3) is 0 Å². The number of alkyl halides is 3. The van der Waals surface area contributed by atoms with Crippen LogP contribution in [0.25, 0.3) is 0 Å². The van der Waals surface area contributed by atoms with Gasteiger partial charge in [-0.2, -0.15) is 13.2 Å². The number of carbonyl (C=O) groups is 1. The summed E-state index contributed by atoms with van der Waals surface area (Å²) in [6.07, 6.45) is -1.06. The van der Waals surface area contributed by atoms with E-state index in [4.69, 9.17) is 0 Å². The number of halogens is 4. The molecule has 188 valence electrons. The lowest BCUT2D eigenvalue weighted by Crippen LogP contribution is -2.34. The first-order valence-electron chi connectivity index (χ1n) is 11.8. The Morgan fingerprint density at radius 3 is 2.58 bits per heavy atom. The molecule has 1 aliphatic heterocycles. The van der Waals surface area contributed by atoms with Crippen molar-refractivity contribution in [1.82, 2.24) is 4.57 Å². The van der Waals surface area contributed by atoms with E-state index in [0.717, 1.165) is 58.2 Å². The number of carbonyl (C=O) groups excluding carboxylic acids is 1. The molecule has 4 unspecified atom stereocenters. The monoisotopic (exact) mass is 534 g/mol. The maximum Gasteiger partial charge on any atom is 0.416 e. The topological polar surface area (TPSA) is 51.1 Å². The minimum absolute atomic E-state index is 0.0250. The first-order valence-corrected chi connectivity index (χ1v) is 13.5. The number of benzene rings is 2. The smallest absolute Gasteiger partial charge is 0.325 e. The van der Waals surface area contributed by atoms with Crippen molar-refractivity contribution >= 4 is 34.7 Å². The van der Waals surface area contributed by atoms with Crippen molar-refractivity contribution in [2.75, 3.05) is 5.32 Å². The summed E-state index contributed by atoms with van der Waals surface area (Å²) in [5.74, 6) is 0.551. The van der Waals surface area contributed by atoms with E-state index in [2.05, 4.69) is 5.32 Å². The van der Waals surface area contributed by atoms with Gasteiger partial charge in [0.15, 0.2) is 0 Å². The van der Waals surface area contributed by atoms with Crippen LogP contribution in [0, 0.1) is 23.6 Å². The molecule has 1 N–H and O–H groups in total. The number of hydrogen-bond acceptors (Lipinski definition) is 4. The predicted octanol–water partition coefficient (Wildman–Crippen LogP) is 6.36. The van der Waals surface area contributed by atoms with Crippen molar-refractivity contribution < 1.29 is 22.4 Å². The molecule has 1 aromatic heterocycles. The molecule has 5 atom stereocenters. The van der Waals surface area contributed by atoms with Gasteiger partial charge in [0.1, 0.15) is 12.4 Å². The van der Waals surface area contributed by atoms with Crippen LogP contribution in [0.3, 0.4) is 0 Å². The number of aromatic nitrogens is 1. The van der Waals surface area contributed by atoms with E-state index in [0.29, 0.717) is 23.0 Å². The van der Waals surface area contributed by atoms with Gasteiger partial charge in [-0.1, -0.05) is 29.5 Å². The summed E-state index contributed by atoms with van der Waals surface area (Å²) in [5.41, 5.74) is 0.143. The summed E-state index contributed by atoms with van der Waals surface area (Å²) in [6.45, 7) is -0.282. The highest BCUT2D eigenvalue weighted by Gasteiger charge is 2.55. The Balaban J connectivity index is 1.32. The third-order valence-corrected chi connectivity index (χ3v) is 10.5. The van der Waals surface area contributed by atoms with E-state index >= 15 is 0 Å². The number of nitrogens with zero attached hydrogens (tertiary/aromatic N) is 1. The number of rotatable bonds is 4. The Bertz CT molecular complexity index is 1380. The molecule has 2 fully saturated rings. The van der Waals surface area contributed by atoms with E-state index in [1.165, 1.54) is 28.8 Å². The molecule has 6 rings (SSSR count). The van der Waals surface area contributed by atoms with Gasteiger partial charge in [-0.15, -0.1) is 11.8 Å². The van der Waals surface area contributed by atoms with Gasteiger partial charge in [-0.25, -0.2) is 4.39 Å². The van der Waals surface area contributed by atoms with Gasteiger partial charge >= 0.3 is 11.0 Å². The zero-order chi connectivity index (χ0) is 25.2. The van der Waals surface area contributed by atoms with Crippen LogP contribution in [0.5, 0.6) is 0 Å². The van der Waals surface area contributed by atoms with E-state index in [1.54, 1.807) is 23.9 Å². The molecular formula is C26H22F4N2O2S2. The van der Waals surface area contributed by atoms with Gasteiger partial charge < -0.3 is 5.32 Å². The standard InChI is InChI=1S/C26H22F4N2O2S2/c27-17-8-6-13(7-9-17)20-21-14-4-5-15(10-14)22(21)35-24-23(20)36-25(34)32(24)12-19(33)31-18-3-1-2-16(11-18)26(28,29)30/h1-3,6-9,11,14-15,20-22H,4-5,10,12H2,(H,31,33)/t14?,15?,20-,21?,22?/m1/s1. The fourth-order valence-electron chi connectivity index (χ4n) is 6.25. The fourth-order valence-corrected chi connectivity index (χ4v) is 9.40. The molecule has 2 heterocycles. The summed E-state index contributed by atoms with van der Waals surface area (Å²) < 4.78 is 54.3. The van der Waals surface area contributed by atoms with Crippen molar-refractivity contribution in [3.05, 3.63) is 80.0 Å². The van der Waals surface area contributed by atoms with Crippen LogP contribution < -0.4 is 10.2 Å². The second-order valence-corrected chi connectivity index (χ2v) is 11.9. The third-order valence-electron chi connectivity index (χ3n) is 7.70. The van der Waals surface area contributed by atoms with Crippen LogP contribution in [0.2, 0.25) is 0 Å². The largest absolute Gasteiger partial charge is 0.416 e. The normalized spacial score (nSPS) is 26.5. The highest BCUT2D eigenvalue weighted by Crippen LogP contribution is 2.64. The van der Waals surface area contributed by atoms with Crippen LogP contribution in [-0.4, -0.2) is 15.7 Å². The molecule has 4 nitrogen and oxygen atoms in total. The van der Waals surface area contributed by atoms with Crippen LogP contribution in [0.15, 0.2) is 58.4 Å². The molecule has 2 aromatic carbocycles. The summed E-state index contributed by atoms with van der Waals surface area (Å²) in [7, 11) is 0. The predicted molar refractivity (Wildman–Crippen MR) is 131 cm³/mol. The minimum Gasteiger partial charge on any atom is -0.325 e. The molecule has 2 saturated carbocycles. The summed E-state index contributed by atoms with van der Waals surface area (Å²) >= 11 is 2.78. The molecule has 36 heavy (non-hydrogen) atoms. The van der Waals surface area contributed by atoms with Gasteiger partial charge in [-0.3, -0.25) is 14.2 Å². The van der Waals surface area contributed by atoms with Crippen molar-refractivity contribution in [2.24, 2.45) is 17.8 Å². The Morgan fingerprint density at radius 1 is 1.08 bits per heavy atom.